The lowest BCUT2D eigenvalue weighted by Gasteiger charge is -1.88. The fourth-order valence-electron chi connectivity index (χ4n) is 1.19. The number of rotatable bonds is 3. The summed E-state index contributed by atoms with van der Waals surface area (Å²) in [5.41, 5.74) is 2.01. The van der Waals surface area contributed by atoms with E-state index in [-0.39, 0.29) is 0 Å². The molecule has 0 N–H and O–H groups in total. The van der Waals surface area contributed by atoms with Crippen LogP contribution in [0.15, 0.2) is 46.0 Å². The van der Waals surface area contributed by atoms with E-state index in [2.05, 4.69) is 5.16 Å². The van der Waals surface area contributed by atoms with Gasteiger partial charge >= 0.3 is 0 Å². The molecular weight excluding hydrogens is 206 g/mol. The van der Waals surface area contributed by atoms with E-state index in [0.717, 1.165) is 16.3 Å². The second-order valence-corrected chi connectivity index (χ2v) is 3.83. The molecule has 0 unspecified atom stereocenters. The van der Waals surface area contributed by atoms with Crippen molar-refractivity contribution in [3.8, 4) is 0 Å². The first kappa shape index (κ1) is 10.1. The highest BCUT2D eigenvalue weighted by atomic mass is 32.2. The van der Waals surface area contributed by atoms with Gasteiger partial charge in [-0.1, -0.05) is 53.3 Å². The fraction of sp³-hybridized carbons (Fsp3) is 0.0833. The average Bonchev–Trinajstić information content (AvgIpc) is 2.76. The molecule has 15 heavy (non-hydrogen) atoms. The van der Waals surface area contributed by atoms with Gasteiger partial charge < -0.3 is 4.52 Å². The van der Waals surface area contributed by atoms with Crippen molar-refractivity contribution in [2.24, 2.45) is 0 Å². The lowest BCUT2D eigenvalue weighted by molar-refractivity contribution is 0.349. The molecule has 0 amide bonds. The van der Waals surface area contributed by atoms with Crippen LogP contribution < -0.4 is 0 Å². The van der Waals surface area contributed by atoms with Gasteiger partial charge in [0, 0.05) is 6.07 Å². The van der Waals surface area contributed by atoms with Crippen molar-refractivity contribution in [2.45, 2.75) is 5.09 Å². The maximum atomic E-state index is 5.06. The molecule has 1 aromatic carbocycles. The number of thioether (sulfide) groups is 1. The van der Waals surface area contributed by atoms with E-state index < -0.39 is 0 Å². The van der Waals surface area contributed by atoms with Crippen LogP contribution in [0.1, 0.15) is 11.3 Å². The zero-order valence-electron chi connectivity index (χ0n) is 8.38. The quantitative estimate of drug-likeness (QED) is 0.735. The van der Waals surface area contributed by atoms with Crippen LogP contribution in [0.4, 0.5) is 0 Å². The first-order valence-corrected chi connectivity index (χ1v) is 5.85. The predicted molar refractivity (Wildman–Crippen MR) is 63.7 cm³/mol. The maximum absolute atomic E-state index is 5.06. The van der Waals surface area contributed by atoms with Gasteiger partial charge in [-0.25, -0.2) is 0 Å². The lowest BCUT2D eigenvalue weighted by Crippen LogP contribution is -1.70. The average molecular weight is 217 g/mol. The van der Waals surface area contributed by atoms with Crippen molar-refractivity contribution < 1.29 is 4.52 Å². The molecule has 76 valence electrons. The maximum Gasteiger partial charge on any atom is 0.193 e. The van der Waals surface area contributed by atoms with Crippen LogP contribution in [0.5, 0.6) is 0 Å². The van der Waals surface area contributed by atoms with Crippen LogP contribution in [-0.2, 0) is 0 Å². The Balaban J connectivity index is 2.11. The first-order chi connectivity index (χ1) is 7.38. The molecule has 2 nitrogen and oxygen atoms in total. The van der Waals surface area contributed by atoms with Crippen LogP contribution >= 0.6 is 11.8 Å². The van der Waals surface area contributed by atoms with Gasteiger partial charge in [-0.05, 0) is 17.9 Å². The number of benzene rings is 1. The van der Waals surface area contributed by atoms with E-state index in [4.69, 9.17) is 4.52 Å². The zero-order chi connectivity index (χ0) is 10.5. The van der Waals surface area contributed by atoms with Gasteiger partial charge in [0.05, 0.1) is 0 Å². The molecule has 0 spiro atoms. The molecule has 2 rings (SSSR count). The first-order valence-electron chi connectivity index (χ1n) is 4.62. The molecule has 1 aromatic heterocycles. The van der Waals surface area contributed by atoms with E-state index in [9.17, 15) is 0 Å². The van der Waals surface area contributed by atoms with Gasteiger partial charge in [-0.2, -0.15) is 0 Å². The number of aromatic nitrogens is 1. The second-order valence-electron chi connectivity index (χ2n) is 3.02. The van der Waals surface area contributed by atoms with Crippen LogP contribution in [-0.4, -0.2) is 11.4 Å². The summed E-state index contributed by atoms with van der Waals surface area (Å²) in [5, 5.41) is 4.76. The molecular formula is C12H11NOS. The summed E-state index contributed by atoms with van der Waals surface area (Å²) >= 11 is 1.55. The molecule has 2 aromatic rings. The van der Waals surface area contributed by atoms with Crippen LogP contribution in [0, 0.1) is 0 Å². The lowest BCUT2D eigenvalue weighted by atomic mass is 10.2. The Morgan fingerprint density at radius 3 is 2.67 bits per heavy atom. The summed E-state index contributed by atoms with van der Waals surface area (Å²) in [5.74, 6) is 0. The fourth-order valence-corrected chi connectivity index (χ4v) is 1.54. The number of hydrogen-bond donors (Lipinski definition) is 0. The van der Waals surface area contributed by atoms with Crippen molar-refractivity contribution in [1.29, 1.82) is 0 Å². The minimum absolute atomic E-state index is 0.836. The van der Waals surface area contributed by atoms with Gasteiger partial charge in [-0.15, -0.1) is 0 Å². The SMILES string of the molecule is CSc1cc(/C=C/c2ccccc2)no1. The predicted octanol–water partition coefficient (Wildman–Crippen LogP) is 3.57. The monoisotopic (exact) mass is 217 g/mol. The molecule has 1 heterocycles. The standard InChI is InChI=1S/C12H11NOS/c1-15-12-9-11(13-14-12)8-7-10-5-3-2-4-6-10/h2-9H,1H3/b8-7+. The summed E-state index contributed by atoms with van der Waals surface area (Å²) in [6.45, 7) is 0. The van der Waals surface area contributed by atoms with Gasteiger partial charge in [0.1, 0.15) is 5.69 Å². The van der Waals surface area contributed by atoms with E-state index in [0.29, 0.717) is 0 Å². The number of nitrogens with zero attached hydrogens (tertiary/aromatic N) is 1. The zero-order valence-corrected chi connectivity index (χ0v) is 9.20. The van der Waals surface area contributed by atoms with Crippen molar-refractivity contribution in [3.63, 3.8) is 0 Å². The van der Waals surface area contributed by atoms with Gasteiger partial charge in [-0.3, -0.25) is 0 Å². The van der Waals surface area contributed by atoms with Gasteiger partial charge in [0.25, 0.3) is 0 Å². The van der Waals surface area contributed by atoms with Crippen molar-refractivity contribution in [2.75, 3.05) is 6.26 Å². The second kappa shape index (κ2) is 4.84. The molecule has 0 aliphatic heterocycles. The van der Waals surface area contributed by atoms with Crippen LogP contribution in [0.2, 0.25) is 0 Å². The Morgan fingerprint density at radius 2 is 2.00 bits per heavy atom. The molecule has 0 atom stereocenters. The molecule has 0 bridgehead atoms. The van der Waals surface area contributed by atoms with Crippen LogP contribution in [0.3, 0.4) is 0 Å². The summed E-state index contributed by atoms with van der Waals surface area (Å²) in [4.78, 5) is 0. The third-order valence-electron chi connectivity index (χ3n) is 1.95. The highest BCUT2D eigenvalue weighted by Crippen LogP contribution is 2.16. The van der Waals surface area contributed by atoms with Crippen molar-refractivity contribution in [3.05, 3.63) is 47.7 Å². The van der Waals surface area contributed by atoms with E-state index >= 15 is 0 Å². The third kappa shape index (κ3) is 2.73. The Hall–Kier alpha value is -1.48. The molecule has 0 aliphatic rings. The normalized spacial score (nSPS) is 11.0. The van der Waals surface area contributed by atoms with Crippen molar-refractivity contribution in [1.82, 2.24) is 5.16 Å². The van der Waals surface area contributed by atoms with Crippen LogP contribution in [0.25, 0.3) is 12.2 Å². The molecule has 3 heteroatoms. The topological polar surface area (TPSA) is 26.0 Å². The van der Waals surface area contributed by atoms with E-state index in [1.807, 2.05) is 54.8 Å². The van der Waals surface area contributed by atoms with Crippen molar-refractivity contribution >= 4 is 23.9 Å². The third-order valence-corrected chi connectivity index (χ3v) is 2.55. The molecule has 0 fully saturated rings. The minimum atomic E-state index is 0.836. The molecule has 0 radical (unpaired) electrons. The van der Waals surface area contributed by atoms with Gasteiger partial charge in [0.2, 0.25) is 0 Å². The highest BCUT2D eigenvalue weighted by Gasteiger charge is 1.98. The highest BCUT2D eigenvalue weighted by molar-refractivity contribution is 7.98. The summed E-state index contributed by atoms with van der Waals surface area (Å²) in [6, 6.07) is 12.0. The summed E-state index contributed by atoms with van der Waals surface area (Å²) in [7, 11) is 0. The van der Waals surface area contributed by atoms with E-state index in [1.165, 1.54) is 0 Å². The Kier molecular flexibility index (Phi) is 3.25. The number of hydrogen-bond acceptors (Lipinski definition) is 3. The summed E-state index contributed by atoms with van der Waals surface area (Å²) < 4.78 is 5.06. The Bertz CT molecular complexity index is 448. The molecule has 0 aliphatic carbocycles. The summed E-state index contributed by atoms with van der Waals surface area (Å²) in [6.07, 6.45) is 5.92. The van der Waals surface area contributed by atoms with Gasteiger partial charge in [0.15, 0.2) is 5.09 Å². The molecule has 0 saturated heterocycles. The Morgan fingerprint density at radius 1 is 1.20 bits per heavy atom. The largest absolute Gasteiger partial charge is 0.349 e. The Labute approximate surface area is 93.0 Å². The smallest absolute Gasteiger partial charge is 0.193 e. The van der Waals surface area contributed by atoms with E-state index in [1.54, 1.807) is 11.8 Å². The minimum Gasteiger partial charge on any atom is -0.349 e. The molecule has 0 saturated carbocycles.